The van der Waals surface area contributed by atoms with Crippen molar-refractivity contribution in [3.05, 3.63) is 35.4 Å². The minimum Gasteiger partial charge on any atom is -0.374 e. The van der Waals surface area contributed by atoms with Gasteiger partial charge in [-0.2, -0.15) is 5.10 Å². The number of hydrogen-bond acceptors (Lipinski definition) is 5. The van der Waals surface area contributed by atoms with Crippen molar-refractivity contribution in [3.8, 4) is 0 Å². The first-order chi connectivity index (χ1) is 10.2. The van der Waals surface area contributed by atoms with Gasteiger partial charge in [-0.15, -0.1) is 5.10 Å². The first-order valence-corrected chi connectivity index (χ1v) is 7.90. The molecule has 0 aromatic heterocycles. The third kappa shape index (κ3) is 4.99. The van der Waals surface area contributed by atoms with Crippen LogP contribution in [0.15, 0.2) is 34.5 Å². The standard InChI is InChI=1S/C15H19N3O2S/c1-3-11(2)20-9-13-7-5-4-6-12(13)8-16-18-15-17-14(19)10-21-15/h4-8,11H,3,9-10H2,1-2H3,(H,17,18,19). The Morgan fingerprint density at radius 3 is 3.00 bits per heavy atom. The largest absolute Gasteiger partial charge is 0.374 e. The Kier molecular flexibility index (Phi) is 5.95. The molecule has 6 heteroatoms. The van der Waals surface area contributed by atoms with E-state index < -0.39 is 0 Å². The lowest BCUT2D eigenvalue weighted by Crippen LogP contribution is -2.19. The van der Waals surface area contributed by atoms with E-state index in [-0.39, 0.29) is 12.0 Å². The fourth-order valence-electron chi connectivity index (χ4n) is 1.66. The quantitative estimate of drug-likeness (QED) is 0.649. The molecular formula is C15H19N3O2S. The van der Waals surface area contributed by atoms with E-state index in [1.807, 2.05) is 24.3 Å². The van der Waals surface area contributed by atoms with E-state index in [1.165, 1.54) is 11.8 Å². The number of amidine groups is 1. The maximum absolute atomic E-state index is 11.0. The van der Waals surface area contributed by atoms with Gasteiger partial charge in [0.1, 0.15) is 0 Å². The molecule has 0 saturated carbocycles. The van der Waals surface area contributed by atoms with Crippen LogP contribution in [0.25, 0.3) is 0 Å². The number of nitrogens with one attached hydrogen (secondary N) is 1. The Morgan fingerprint density at radius 1 is 1.48 bits per heavy atom. The number of hydrogen-bond donors (Lipinski definition) is 1. The second kappa shape index (κ2) is 7.95. The highest BCUT2D eigenvalue weighted by molar-refractivity contribution is 8.15. The molecule has 1 unspecified atom stereocenters. The minimum absolute atomic E-state index is 0.0312. The maximum atomic E-state index is 11.0. The van der Waals surface area contributed by atoms with Crippen LogP contribution in [-0.2, 0) is 16.1 Å². The van der Waals surface area contributed by atoms with E-state index in [1.54, 1.807) is 6.21 Å². The Bertz CT molecular complexity index is 558. The van der Waals surface area contributed by atoms with E-state index in [2.05, 4.69) is 29.4 Å². The van der Waals surface area contributed by atoms with Crippen molar-refractivity contribution in [1.82, 2.24) is 5.32 Å². The van der Waals surface area contributed by atoms with Crippen LogP contribution >= 0.6 is 11.8 Å². The average molecular weight is 305 g/mol. The van der Waals surface area contributed by atoms with Crippen molar-refractivity contribution >= 4 is 29.1 Å². The number of amides is 1. The monoisotopic (exact) mass is 305 g/mol. The van der Waals surface area contributed by atoms with Gasteiger partial charge in [0.15, 0.2) is 5.17 Å². The number of carbonyl (C=O) groups is 1. The second-order valence-corrected chi connectivity index (χ2v) is 5.68. The topological polar surface area (TPSA) is 63.1 Å². The third-order valence-electron chi connectivity index (χ3n) is 3.09. The zero-order chi connectivity index (χ0) is 15.1. The lowest BCUT2D eigenvalue weighted by Gasteiger charge is -2.11. The van der Waals surface area contributed by atoms with Crippen molar-refractivity contribution in [2.75, 3.05) is 5.75 Å². The highest BCUT2D eigenvalue weighted by atomic mass is 32.2. The van der Waals surface area contributed by atoms with Gasteiger partial charge in [0.2, 0.25) is 5.91 Å². The number of carbonyl (C=O) groups excluding carboxylic acids is 1. The van der Waals surface area contributed by atoms with Crippen LogP contribution < -0.4 is 5.32 Å². The molecular weight excluding hydrogens is 286 g/mol. The summed E-state index contributed by atoms with van der Waals surface area (Å²) in [4.78, 5) is 11.0. The molecule has 5 nitrogen and oxygen atoms in total. The van der Waals surface area contributed by atoms with Crippen LogP contribution in [-0.4, -0.2) is 29.1 Å². The predicted octanol–water partition coefficient (Wildman–Crippen LogP) is 2.55. The summed E-state index contributed by atoms with van der Waals surface area (Å²) >= 11 is 1.36. The summed E-state index contributed by atoms with van der Waals surface area (Å²) in [6, 6.07) is 7.92. The van der Waals surface area contributed by atoms with Gasteiger partial charge in [-0.3, -0.25) is 4.79 Å². The van der Waals surface area contributed by atoms with Crippen molar-refractivity contribution in [2.45, 2.75) is 33.0 Å². The molecule has 1 atom stereocenters. The maximum Gasteiger partial charge on any atom is 0.236 e. The molecule has 1 aromatic carbocycles. The Balaban J connectivity index is 2.00. The SMILES string of the molecule is CCC(C)OCc1ccccc1C=NN=C1NC(=O)CS1. The Hall–Kier alpha value is -1.66. The van der Waals surface area contributed by atoms with Gasteiger partial charge in [0, 0.05) is 5.56 Å². The van der Waals surface area contributed by atoms with Gasteiger partial charge in [-0.05, 0) is 18.9 Å². The zero-order valence-electron chi connectivity index (χ0n) is 12.2. The summed E-state index contributed by atoms with van der Waals surface area (Å²) in [5.74, 6) is 0.379. The normalized spacial score (nSPS) is 18.4. The van der Waals surface area contributed by atoms with Gasteiger partial charge < -0.3 is 10.1 Å². The molecule has 1 heterocycles. The van der Waals surface area contributed by atoms with Crippen LogP contribution in [0, 0.1) is 0 Å². The van der Waals surface area contributed by atoms with E-state index >= 15 is 0 Å². The lowest BCUT2D eigenvalue weighted by molar-refractivity contribution is -0.116. The number of benzene rings is 1. The molecule has 1 aromatic rings. The van der Waals surface area contributed by atoms with Crippen molar-refractivity contribution in [2.24, 2.45) is 10.2 Å². The summed E-state index contributed by atoms with van der Waals surface area (Å²) in [6.45, 7) is 4.71. The zero-order valence-corrected chi connectivity index (χ0v) is 13.0. The second-order valence-electron chi connectivity index (χ2n) is 4.72. The third-order valence-corrected chi connectivity index (χ3v) is 3.95. The van der Waals surface area contributed by atoms with E-state index in [0.29, 0.717) is 17.5 Å². The van der Waals surface area contributed by atoms with Crippen molar-refractivity contribution < 1.29 is 9.53 Å². The molecule has 1 amide bonds. The molecule has 1 aliphatic heterocycles. The molecule has 0 bridgehead atoms. The molecule has 0 radical (unpaired) electrons. The first-order valence-electron chi connectivity index (χ1n) is 6.92. The smallest absolute Gasteiger partial charge is 0.236 e. The summed E-state index contributed by atoms with van der Waals surface area (Å²) in [5, 5.41) is 11.2. The number of ether oxygens (including phenoxy) is 1. The van der Waals surface area contributed by atoms with Gasteiger partial charge in [-0.1, -0.05) is 43.0 Å². The Labute approximate surface area is 128 Å². The molecule has 0 aliphatic carbocycles. The molecule has 1 aliphatic rings. The van der Waals surface area contributed by atoms with Crippen LogP contribution in [0.1, 0.15) is 31.4 Å². The number of nitrogens with zero attached hydrogens (tertiary/aromatic N) is 2. The lowest BCUT2D eigenvalue weighted by atomic mass is 10.1. The highest BCUT2D eigenvalue weighted by Crippen LogP contribution is 2.11. The molecule has 112 valence electrons. The fraction of sp³-hybridized carbons (Fsp3) is 0.400. The van der Waals surface area contributed by atoms with Gasteiger partial charge in [-0.25, -0.2) is 0 Å². The first kappa shape index (κ1) is 15.7. The average Bonchev–Trinajstić information content (AvgIpc) is 2.91. The molecule has 1 saturated heterocycles. The fourth-order valence-corrected chi connectivity index (χ4v) is 2.30. The molecule has 21 heavy (non-hydrogen) atoms. The van der Waals surface area contributed by atoms with Gasteiger partial charge >= 0.3 is 0 Å². The van der Waals surface area contributed by atoms with E-state index in [0.717, 1.165) is 17.5 Å². The van der Waals surface area contributed by atoms with E-state index in [4.69, 9.17) is 4.74 Å². The number of rotatable bonds is 6. The summed E-state index contributed by atoms with van der Waals surface area (Å²) in [7, 11) is 0. The summed E-state index contributed by atoms with van der Waals surface area (Å²) in [5.41, 5.74) is 2.05. The summed E-state index contributed by atoms with van der Waals surface area (Å²) in [6.07, 6.45) is 2.91. The Morgan fingerprint density at radius 2 is 2.29 bits per heavy atom. The highest BCUT2D eigenvalue weighted by Gasteiger charge is 2.15. The summed E-state index contributed by atoms with van der Waals surface area (Å²) < 4.78 is 5.75. The number of thioether (sulfide) groups is 1. The van der Waals surface area contributed by atoms with Crippen LogP contribution in [0.3, 0.4) is 0 Å². The molecule has 1 fully saturated rings. The van der Waals surface area contributed by atoms with Crippen LogP contribution in [0.5, 0.6) is 0 Å². The predicted molar refractivity (Wildman–Crippen MR) is 86.6 cm³/mol. The van der Waals surface area contributed by atoms with Crippen LogP contribution in [0.2, 0.25) is 0 Å². The molecule has 1 N–H and O–H groups in total. The van der Waals surface area contributed by atoms with Crippen molar-refractivity contribution in [1.29, 1.82) is 0 Å². The van der Waals surface area contributed by atoms with E-state index in [9.17, 15) is 4.79 Å². The van der Waals surface area contributed by atoms with Crippen molar-refractivity contribution in [3.63, 3.8) is 0 Å². The minimum atomic E-state index is -0.0312. The van der Waals surface area contributed by atoms with Gasteiger partial charge in [0.25, 0.3) is 0 Å². The van der Waals surface area contributed by atoms with Crippen LogP contribution in [0.4, 0.5) is 0 Å². The van der Waals surface area contributed by atoms with Gasteiger partial charge in [0.05, 0.1) is 24.7 Å². The molecule has 2 rings (SSSR count). The molecule has 0 spiro atoms.